The highest BCUT2D eigenvalue weighted by Gasteiger charge is 2.21. The van der Waals surface area contributed by atoms with Crippen LogP contribution in [0.3, 0.4) is 0 Å². The zero-order valence-electron chi connectivity index (χ0n) is 16.9. The first-order valence-corrected chi connectivity index (χ1v) is 10.1. The highest BCUT2D eigenvalue weighted by Crippen LogP contribution is 2.36. The summed E-state index contributed by atoms with van der Waals surface area (Å²) in [5.41, 5.74) is 3.51. The number of nitrogens with zero attached hydrogens (tertiary/aromatic N) is 1. The lowest BCUT2D eigenvalue weighted by atomic mass is 10.0. The maximum Gasteiger partial charge on any atom is 0.303 e. The molecule has 0 radical (unpaired) electrons. The van der Waals surface area contributed by atoms with E-state index in [1.54, 1.807) is 18.2 Å². The summed E-state index contributed by atoms with van der Waals surface area (Å²) in [6.07, 6.45) is 3.76. The smallest absolute Gasteiger partial charge is 0.303 e. The van der Waals surface area contributed by atoms with E-state index in [0.29, 0.717) is 0 Å². The molecule has 0 saturated carbocycles. The van der Waals surface area contributed by atoms with Gasteiger partial charge in [-0.25, -0.2) is 4.39 Å². The molecule has 0 spiro atoms. The van der Waals surface area contributed by atoms with Gasteiger partial charge in [0.25, 0.3) is 0 Å². The van der Waals surface area contributed by atoms with Gasteiger partial charge in [-0.3, -0.25) is 4.79 Å². The summed E-state index contributed by atoms with van der Waals surface area (Å²) in [6.45, 7) is 2.79. The standard InChI is InChI=1S/C24H26FNO4/c1-2-16-26-20-7-4-3-6-19(20)23(17-9-11-18(25)12-10-17)21(26)13-15-24(29,30)14-5-8-22(27)28/h3-4,6-7,9-13,15,29-30H,2,5,8,14,16H2,1H3,(H,27,28). The summed E-state index contributed by atoms with van der Waals surface area (Å²) in [7, 11) is 0. The van der Waals surface area contributed by atoms with Crippen molar-refractivity contribution in [2.24, 2.45) is 0 Å². The minimum atomic E-state index is -2.12. The lowest BCUT2D eigenvalue weighted by Gasteiger charge is -2.17. The molecule has 0 fully saturated rings. The van der Waals surface area contributed by atoms with Crippen molar-refractivity contribution in [2.45, 2.75) is 44.9 Å². The minimum absolute atomic E-state index is 0.0876. The second kappa shape index (κ2) is 9.24. The molecule has 0 unspecified atom stereocenters. The van der Waals surface area contributed by atoms with Crippen LogP contribution in [0, 0.1) is 5.82 Å². The van der Waals surface area contributed by atoms with Gasteiger partial charge in [-0.15, -0.1) is 0 Å². The molecule has 1 heterocycles. The van der Waals surface area contributed by atoms with Gasteiger partial charge in [0.1, 0.15) is 5.82 Å². The van der Waals surface area contributed by atoms with Crippen molar-refractivity contribution >= 4 is 22.9 Å². The molecule has 0 atom stereocenters. The van der Waals surface area contributed by atoms with Crippen molar-refractivity contribution in [3.8, 4) is 11.1 Å². The lowest BCUT2D eigenvalue weighted by Crippen LogP contribution is -2.25. The van der Waals surface area contributed by atoms with Gasteiger partial charge in [-0.05, 0) is 48.8 Å². The Balaban J connectivity index is 2.09. The highest BCUT2D eigenvalue weighted by molar-refractivity contribution is 6.00. The monoisotopic (exact) mass is 411 g/mol. The summed E-state index contributed by atoms with van der Waals surface area (Å²) in [6, 6.07) is 14.1. The maximum absolute atomic E-state index is 13.5. The number of hydrogen-bond donors (Lipinski definition) is 3. The first kappa shape index (κ1) is 21.7. The zero-order valence-corrected chi connectivity index (χ0v) is 16.9. The molecule has 0 saturated heterocycles. The molecule has 30 heavy (non-hydrogen) atoms. The molecule has 1 aromatic heterocycles. The van der Waals surface area contributed by atoms with E-state index in [9.17, 15) is 19.4 Å². The number of para-hydroxylation sites is 1. The van der Waals surface area contributed by atoms with Crippen molar-refractivity contribution in [3.05, 3.63) is 66.1 Å². The van der Waals surface area contributed by atoms with Gasteiger partial charge in [0.05, 0.1) is 0 Å². The van der Waals surface area contributed by atoms with Crippen LogP contribution < -0.4 is 0 Å². The molecule has 0 bridgehead atoms. The number of hydrogen-bond acceptors (Lipinski definition) is 3. The first-order valence-electron chi connectivity index (χ1n) is 10.1. The Hall–Kier alpha value is -2.96. The van der Waals surface area contributed by atoms with Crippen molar-refractivity contribution in [3.63, 3.8) is 0 Å². The van der Waals surface area contributed by atoms with Gasteiger partial charge >= 0.3 is 5.97 Å². The lowest BCUT2D eigenvalue weighted by molar-refractivity contribution is -0.139. The van der Waals surface area contributed by atoms with Crippen LogP contribution in [0.2, 0.25) is 0 Å². The van der Waals surface area contributed by atoms with Crippen molar-refractivity contribution < 1.29 is 24.5 Å². The maximum atomic E-state index is 13.5. The van der Waals surface area contributed by atoms with Crippen LogP contribution in [0.4, 0.5) is 4.39 Å². The molecule has 0 aliphatic carbocycles. The van der Waals surface area contributed by atoms with Crippen molar-refractivity contribution in [1.82, 2.24) is 4.57 Å². The number of carbonyl (C=O) groups is 1. The number of fused-ring (bicyclic) bond motifs is 1. The third-order valence-electron chi connectivity index (χ3n) is 5.03. The predicted octanol–water partition coefficient (Wildman–Crippen LogP) is 4.81. The Kier molecular flexibility index (Phi) is 6.70. The quantitative estimate of drug-likeness (QED) is 0.442. The average Bonchev–Trinajstić information content (AvgIpc) is 3.01. The molecule has 0 aliphatic rings. The van der Waals surface area contributed by atoms with Gasteiger partial charge in [0.2, 0.25) is 0 Å². The van der Waals surface area contributed by atoms with E-state index in [-0.39, 0.29) is 25.1 Å². The molecule has 158 valence electrons. The number of rotatable bonds is 9. The third-order valence-corrected chi connectivity index (χ3v) is 5.03. The molecule has 0 aliphatic heterocycles. The van der Waals surface area contributed by atoms with Crippen LogP contribution >= 0.6 is 0 Å². The van der Waals surface area contributed by atoms with Crippen LogP contribution in [-0.4, -0.2) is 31.6 Å². The Bertz CT molecular complexity index is 1050. The van der Waals surface area contributed by atoms with Crippen LogP contribution in [0.15, 0.2) is 54.6 Å². The Morgan fingerprint density at radius 1 is 1.13 bits per heavy atom. The van der Waals surface area contributed by atoms with E-state index >= 15 is 0 Å². The van der Waals surface area contributed by atoms with E-state index in [1.165, 1.54) is 18.2 Å². The molecule has 3 N–H and O–H groups in total. The van der Waals surface area contributed by atoms with E-state index in [4.69, 9.17) is 5.11 Å². The third kappa shape index (κ3) is 4.96. The van der Waals surface area contributed by atoms with Gasteiger partial charge < -0.3 is 19.9 Å². The predicted molar refractivity (Wildman–Crippen MR) is 115 cm³/mol. The highest BCUT2D eigenvalue weighted by atomic mass is 19.1. The summed E-state index contributed by atoms with van der Waals surface area (Å²) >= 11 is 0. The molecule has 3 aromatic rings. The van der Waals surface area contributed by atoms with Crippen LogP contribution in [0.5, 0.6) is 0 Å². The summed E-state index contributed by atoms with van der Waals surface area (Å²) < 4.78 is 15.6. The second-order valence-electron chi connectivity index (χ2n) is 7.40. The number of aliphatic hydroxyl groups is 2. The number of aromatic nitrogens is 1. The number of halogens is 1. The Morgan fingerprint density at radius 3 is 2.50 bits per heavy atom. The summed E-state index contributed by atoms with van der Waals surface area (Å²) in [5, 5.41) is 30.4. The van der Waals surface area contributed by atoms with Gasteiger partial charge in [0.15, 0.2) is 5.79 Å². The van der Waals surface area contributed by atoms with Crippen LogP contribution in [-0.2, 0) is 11.3 Å². The van der Waals surface area contributed by atoms with Gasteiger partial charge in [-0.2, -0.15) is 0 Å². The van der Waals surface area contributed by atoms with E-state index in [2.05, 4.69) is 11.5 Å². The van der Waals surface area contributed by atoms with Gasteiger partial charge in [-0.1, -0.05) is 37.3 Å². The fourth-order valence-electron chi connectivity index (χ4n) is 3.68. The van der Waals surface area contributed by atoms with E-state index in [0.717, 1.165) is 40.7 Å². The minimum Gasteiger partial charge on any atom is -0.481 e. The Morgan fingerprint density at radius 2 is 1.83 bits per heavy atom. The van der Waals surface area contributed by atoms with E-state index in [1.807, 2.05) is 24.3 Å². The number of carboxylic acids is 1. The zero-order chi connectivity index (χ0) is 21.7. The summed E-state index contributed by atoms with van der Waals surface area (Å²) in [5.74, 6) is -3.42. The average molecular weight is 411 g/mol. The number of benzene rings is 2. The van der Waals surface area contributed by atoms with Crippen molar-refractivity contribution in [2.75, 3.05) is 0 Å². The largest absolute Gasteiger partial charge is 0.481 e. The molecule has 2 aromatic carbocycles. The van der Waals surface area contributed by atoms with Gasteiger partial charge in [0, 0.05) is 41.5 Å². The van der Waals surface area contributed by atoms with E-state index < -0.39 is 11.8 Å². The molecule has 5 nitrogen and oxygen atoms in total. The molecule has 3 rings (SSSR count). The van der Waals surface area contributed by atoms with Crippen molar-refractivity contribution in [1.29, 1.82) is 0 Å². The second-order valence-corrected chi connectivity index (χ2v) is 7.40. The SMILES string of the molecule is CCCn1c(C=CC(O)(O)CCCC(=O)O)c(-c2ccc(F)cc2)c2ccccc21. The fraction of sp³-hybridized carbons (Fsp3) is 0.292. The fourth-order valence-corrected chi connectivity index (χ4v) is 3.68. The normalized spacial score (nSPS) is 12.1. The molecular formula is C24H26FNO4. The number of carboxylic acid groups (broad SMARTS) is 1. The molecule has 0 amide bonds. The van der Waals surface area contributed by atoms with Crippen LogP contribution in [0.25, 0.3) is 28.1 Å². The number of aryl methyl sites for hydroxylation is 1. The topological polar surface area (TPSA) is 82.7 Å². The van der Waals surface area contributed by atoms with Crippen LogP contribution in [0.1, 0.15) is 38.3 Å². The number of aliphatic carboxylic acids is 1. The Labute approximate surface area is 174 Å². The molecular weight excluding hydrogens is 385 g/mol. The first-order chi connectivity index (χ1) is 14.3. The summed E-state index contributed by atoms with van der Waals surface area (Å²) in [4.78, 5) is 10.7. The molecule has 6 heteroatoms.